The van der Waals surface area contributed by atoms with Crippen molar-refractivity contribution in [3.8, 4) is 0 Å². The number of benzene rings is 1. The first-order valence-corrected chi connectivity index (χ1v) is 5.78. The summed E-state index contributed by atoms with van der Waals surface area (Å²) in [5.41, 5.74) is 1.46. The number of fused-ring (bicyclic) bond motifs is 1. The van der Waals surface area contributed by atoms with Crippen molar-refractivity contribution in [1.29, 1.82) is 0 Å². The maximum absolute atomic E-state index is 12.4. The van der Waals surface area contributed by atoms with Crippen molar-refractivity contribution in [3.05, 3.63) is 30.5 Å². The van der Waals surface area contributed by atoms with Gasteiger partial charge in [-0.15, -0.1) is 0 Å². The van der Waals surface area contributed by atoms with Gasteiger partial charge in [-0.1, -0.05) is 6.07 Å². The number of nitrogens with zero attached hydrogens (tertiary/aromatic N) is 1. The van der Waals surface area contributed by atoms with Crippen LogP contribution >= 0.6 is 0 Å². The van der Waals surface area contributed by atoms with Crippen molar-refractivity contribution in [2.24, 2.45) is 0 Å². The molecule has 0 spiro atoms. The van der Waals surface area contributed by atoms with E-state index in [2.05, 4.69) is 5.32 Å². The minimum Gasteiger partial charge on any atom is -0.382 e. The Hall–Kier alpha value is -1.65. The van der Waals surface area contributed by atoms with Crippen LogP contribution in [-0.4, -0.2) is 16.8 Å². The van der Waals surface area contributed by atoms with Gasteiger partial charge in [0, 0.05) is 23.3 Å². The van der Waals surface area contributed by atoms with E-state index in [4.69, 9.17) is 0 Å². The molecular formula is C13H15F3N2. The second kappa shape index (κ2) is 4.55. The van der Waals surface area contributed by atoms with Gasteiger partial charge in [-0.3, -0.25) is 0 Å². The van der Waals surface area contributed by atoms with E-state index in [1.807, 2.05) is 19.9 Å². The molecule has 0 amide bonds. The third kappa shape index (κ3) is 2.78. The maximum atomic E-state index is 12.4. The Labute approximate surface area is 103 Å². The smallest absolute Gasteiger partial charge is 0.382 e. The van der Waals surface area contributed by atoms with Gasteiger partial charge in [0.05, 0.1) is 5.52 Å². The van der Waals surface area contributed by atoms with E-state index in [-0.39, 0.29) is 6.04 Å². The van der Waals surface area contributed by atoms with E-state index >= 15 is 0 Å². The highest BCUT2D eigenvalue weighted by atomic mass is 19.4. The van der Waals surface area contributed by atoms with Crippen LogP contribution in [0.5, 0.6) is 0 Å². The second-order valence-corrected chi connectivity index (χ2v) is 4.60. The maximum Gasteiger partial charge on any atom is 0.406 e. The average Bonchev–Trinajstić information content (AvgIpc) is 2.59. The van der Waals surface area contributed by atoms with E-state index in [0.717, 1.165) is 11.1 Å². The Kier molecular flexibility index (Phi) is 3.24. The topological polar surface area (TPSA) is 17.0 Å². The lowest BCUT2D eigenvalue weighted by Crippen LogP contribution is -2.16. The van der Waals surface area contributed by atoms with E-state index < -0.39 is 12.7 Å². The second-order valence-electron chi connectivity index (χ2n) is 4.60. The molecule has 1 aromatic carbocycles. The van der Waals surface area contributed by atoms with Crippen LogP contribution in [0.25, 0.3) is 10.9 Å². The van der Waals surface area contributed by atoms with E-state index in [1.165, 1.54) is 10.8 Å². The number of alkyl halides is 3. The molecule has 0 bridgehead atoms. The number of aromatic nitrogens is 1. The lowest BCUT2D eigenvalue weighted by Gasteiger charge is -2.12. The van der Waals surface area contributed by atoms with Gasteiger partial charge in [0.1, 0.15) is 6.54 Å². The fourth-order valence-corrected chi connectivity index (χ4v) is 1.99. The third-order valence-corrected chi connectivity index (χ3v) is 2.61. The Balaban J connectivity index is 2.42. The molecule has 0 aliphatic rings. The lowest BCUT2D eigenvalue weighted by molar-refractivity contribution is -0.139. The van der Waals surface area contributed by atoms with Crippen LogP contribution in [0.2, 0.25) is 0 Å². The van der Waals surface area contributed by atoms with Gasteiger partial charge in [-0.05, 0) is 32.0 Å². The molecule has 1 N–H and O–H groups in total. The predicted octanol–water partition coefficient (Wildman–Crippen LogP) is 4.02. The Morgan fingerprint density at radius 1 is 1.22 bits per heavy atom. The first kappa shape index (κ1) is 12.8. The van der Waals surface area contributed by atoms with Crippen LogP contribution in [0.4, 0.5) is 18.9 Å². The third-order valence-electron chi connectivity index (χ3n) is 2.61. The minimum atomic E-state index is -4.20. The minimum absolute atomic E-state index is 0.238. The zero-order chi connectivity index (χ0) is 13.3. The first-order valence-electron chi connectivity index (χ1n) is 5.78. The fraction of sp³-hybridized carbons (Fsp3) is 0.385. The van der Waals surface area contributed by atoms with Crippen molar-refractivity contribution in [1.82, 2.24) is 4.57 Å². The molecule has 2 rings (SSSR count). The molecule has 0 fully saturated rings. The molecule has 0 radical (unpaired) electrons. The highest BCUT2D eigenvalue weighted by molar-refractivity contribution is 5.92. The van der Waals surface area contributed by atoms with Crippen LogP contribution in [0.3, 0.4) is 0 Å². The number of rotatable bonds is 3. The van der Waals surface area contributed by atoms with E-state index in [1.54, 1.807) is 18.2 Å². The van der Waals surface area contributed by atoms with Crippen molar-refractivity contribution >= 4 is 16.6 Å². The normalized spacial score (nSPS) is 12.3. The standard InChI is InChI=1S/C13H15F3N2/c1-9(2)17-11-4-3-5-12-10(11)6-7-18(12)8-13(14,15)16/h3-7,9,17H,8H2,1-2H3. The van der Waals surface area contributed by atoms with Crippen LogP contribution in [0, 0.1) is 0 Å². The summed E-state index contributed by atoms with van der Waals surface area (Å²) in [5, 5.41) is 4.04. The van der Waals surface area contributed by atoms with Crippen LogP contribution < -0.4 is 5.32 Å². The molecule has 0 saturated carbocycles. The van der Waals surface area contributed by atoms with Crippen LogP contribution in [-0.2, 0) is 6.54 Å². The highest BCUT2D eigenvalue weighted by Gasteiger charge is 2.28. The summed E-state index contributed by atoms with van der Waals surface area (Å²) < 4.78 is 38.5. The van der Waals surface area contributed by atoms with Crippen LogP contribution in [0.1, 0.15) is 13.8 Å². The molecule has 0 unspecified atom stereocenters. The lowest BCUT2D eigenvalue weighted by atomic mass is 10.2. The van der Waals surface area contributed by atoms with Crippen molar-refractivity contribution in [2.45, 2.75) is 32.6 Å². The monoisotopic (exact) mass is 256 g/mol. The zero-order valence-corrected chi connectivity index (χ0v) is 10.3. The van der Waals surface area contributed by atoms with Gasteiger partial charge in [-0.25, -0.2) is 0 Å². The number of hydrogen-bond donors (Lipinski definition) is 1. The largest absolute Gasteiger partial charge is 0.406 e. The number of hydrogen-bond acceptors (Lipinski definition) is 1. The summed E-state index contributed by atoms with van der Waals surface area (Å²) in [5.74, 6) is 0. The molecular weight excluding hydrogens is 241 g/mol. The molecule has 0 saturated heterocycles. The highest BCUT2D eigenvalue weighted by Crippen LogP contribution is 2.27. The van der Waals surface area contributed by atoms with Gasteiger partial charge in [0.2, 0.25) is 0 Å². The number of anilines is 1. The summed E-state index contributed by atoms with van der Waals surface area (Å²) in [6, 6.07) is 7.29. The Morgan fingerprint density at radius 3 is 2.56 bits per heavy atom. The predicted molar refractivity (Wildman–Crippen MR) is 66.8 cm³/mol. The van der Waals surface area contributed by atoms with Crippen molar-refractivity contribution in [2.75, 3.05) is 5.32 Å². The van der Waals surface area contributed by atoms with Crippen molar-refractivity contribution < 1.29 is 13.2 Å². The molecule has 0 aliphatic heterocycles. The van der Waals surface area contributed by atoms with Gasteiger partial charge in [-0.2, -0.15) is 13.2 Å². The summed E-state index contributed by atoms with van der Waals surface area (Å²) in [6.07, 6.45) is -2.73. The molecule has 2 aromatic rings. The summed E-state index contributed by atoms with van der Waals surface area (Å²) >= 11 is 0. The van der Waals surface area contributed by atoms with E-state index in [0.29, 0.717) is 5.52 Å². The Bertz CT molecular complexity index is 541. The summed E-state index contributed by atoms with van der Waals surface area (Å²) in [7, 11) is 0. The molecule has 0 atom stereocenters. The van der Waals surface area contributed by atoms with Gasteiger partial charge in [0.15, 0.2) is 0 Å². The summed E-state index contributed by atoms with van der Waals surface area (Å²) in [4.78, 5) is 0. The van der Waals surface area contributed by atoms with Gasteiger partial charge < -0.3 is 9.88 Å². The SMILES string of the molecule is CC(C)Nc1cccc2c1ccn2CC(F)(F)F. The first-order chi connectivity index (χ1) is 8.37. The zero-order valence-electron chi connectivity index (χ0n) is 10.3. The molecule has 18 heavy (non-hydrogen) atoms. The molecule has 0 aliphatic carbocycles. The number of halogens is 3. The molecule has 2 nitrogen and oxygen atoms in total. The fourth-order valence-electron chi connectivity index (χ4n) is 1.99. The molecule has 5 heteroatoms. The van der Waals surface area contributed by atoms with Crippen molar-refractivity contribution in [3.63, 3.8) is 0 Å². The van der Waals surface area contributed by atoms with Gasteiger partial charge in [0.25, 0.3) is 0 Å². The number of nitrogens with one attached hydrogen (secondary N) is 1. The summed E-state index contributed by atoms with van der Waals surface area (Å²) in [6.45, 7) is 3.03. The molecule has 1 aromatic heterocycles. The molecule has 1 heterocycles. The van der Waals surface area contributed by atoms with Gasteiger partial charge >= 0.3 is 6.18 Å². The van der Waals surface area contributed by atoms with Crippen LogP contribution in [0.15, 0.2) is 30.5 Å². The quantitative estimate of drug-likeness (QED) is 0.877. The average molecular weight is 256 g/mol. The molecule has 98 valence electrons. The Morgan fingerprint density at radius 2 is 1.94 bits per heavy atom. The van der Waals surface area contributed by atoms with E-state index in [9.17, 15) is 13.2 Å².